The quantitative estimate of drug-likeness (QED) is 0.677. The van der Waals surface area contributed by atoms with Crippen molar-refractivity contribution in [2.24, 2.45) is 0 Å². The second-order valence-electron chi connectivity index (χ2n) is 3.81. The number of hydrogen-bond acceptors (Lipinski definition) is 2. The summed E-state index contributed by atoms with van der Waals surface area (Å²) in [6, 6.07) is 3.51. The van der Waals surface area contributed by atoms with Gasteiger partial charge in [0, 0.05) is 23.5 Å². The van der Waals surface area contributed by atoms with E-state index in [1.54, 1.807) is 24.5 Å². The van der Waals surface area contributed by atoms with Crippen molar-refractivity contribution in [3.8, 4) is 11.5 Å². The molecule has 0 amide bonds. The lowest BCUT2D eigenvalue weighted by atomic mass is 10.1. The third-order valence-electron chi connectivity index (χ3n) is 2.59. The van der Waals surface area contributed by atoms with Crippen molar-refractivity contribution >= 4 is 31.9 Å². The second-order valence-corrected chi connectivity index (χ2v) is 5.39. The number of benzene rings is 1. The Morgan fingerprint density at radius 2 is 1.56 bits per heavy atom. The first-order valence-corrected chi connectivity index (χ1v) is 6.82. The highest BCUT2D eigenvalue weighted by atomic mass is 79.9. The third-order valence-corrected chi connectivity index (χ3v) is 4.48. The van der Waals surface area contributed by atoms with Crippen molar-refractivity contribution in [3.63, 3.8) is 0 Å². The van der Waals surface area contributed by atoms with Crippen LogP contribution in [0.15, 0.2) is 33.5 Å². The van der Waals surface area contributed by atoms with Gasteiger partial charge in [0.2, 0.25) is 0 Å². The number of nitrogens with zero attached hydrogens (tertiary/aromatic N) is 1. The van der Waals surface area contributed by atoms with E-state index in [4.69, 9.17) is 4.74 Å². The van der Waals surface area contributed by atoms with E-state index in [0.717, 1.165) is 11.1 Å². The number of ether oxygens (including phenoxy) is 1. The van der Waals surface area contributed by atoms with Gasteiger partial charge in [0.1, 0.15) is 11.5 Å². The molecule has 5 heteroatoms. The summed E-state index contributed by atoms with van der Waals surface area (Å²) in [6.07, 6.45) is 3.29. The summed E-state index contributed by atoms with van der Waals surface area (Å²) in [6.45, 7) is 3.62. The van der Waals surface area contributed by atoms with Gasteiger partial charge in [0.15, 0.2) is 5.82 Å². The fourth-order valence-corrected chi connectivity index (χ4v) is 2.61. The van der Waals surface area contributed by atoms with E-state index >= 15 is 0 Å². The van der Waals surface area contributed by atoms with Crippen LogP contribution in [0.2, 0.25) is 0 Å². The first-order valence-electron chi connectivity index (χ1n) is 5.24. The molecule has 0 N–H and O–H groups in total. The zero-order valence-corrected chi connectivity index (χ0v) is 13.0. The maximum absolute atomic E-state index is 13.8. The molecule has 94 valence electrons. The molecule has 0 aliphatic rings. The van der Waals surface area contributed by atoms with Gasteiger partial charge < -0.3 is 4.74 Å². The molecule has 1 heterocycles. The van der Waals surface area contributed by atoms with Crippen LogP contribution in [0.4, 0.5) is 4.39 Å². The zero-order chi connectivity index (χ0) is 13.3. The minimum absolute atomic E-state index is 0.313. The number of pyridine rings is 1. The Morgan fingerprint density at radius 3 is 2.06 bits per heavy atom. The lowest BCUT2D eigenvalue weighted by molar-refractivity contribution is 0.469. The highest BCUT2D eigenvalue weighted by Gasteiger charge is 2.18. The summed E-state index contributed by atoms with van der Waals surface area (Å²) in [4.78, 5) is 3.92. The van der Waals surface area contributed by atoms with Crippen molar-refractivity contribution in [2.75, 3.05) is 0 Å². The standard InChI is InChI=1S/C13H10Br2FNO/c1-7-10(14)12(16)11(15)8(2)13(7)18-9-3-5-17-6-4-9/h3-6H,1-2H3. The van der Waals surface area contributed by atoms with Crippen LogP contribution in [-0.2, 0) is 0 Å². The molecule has 0 bridgehead atoms. The Morgan fingerprint density at radius 1 is 1.06 bits per heavy atom. The van der Waals surface area contributed by atoms with Crippen molar-refractivity contribution in [1.82, 2.24) is 4.98 Å². The van der Waals surface area contributed by atoms with Gasteiger partial charge in [0.05, 0.1) is 8.95 Å². The van der Waals surface area contributed by atoms with Crippen LogP contribution in [0.1, 0.15) is 11.1 Å². The Kier molecular flexibility index (Phi) is 4.02. The largest absolute Gasteiger partial charge is 0.457 e. The van der Waals surface area contributed by atoms with Crippen molar-refractivity contribution in [3.05, 3.63) is 50.4 Å². The molecular formula is C13H10Br2FNO. The van der Waals surface area contributed by atoms with E-state index in [1.807, 2.05) is 13.8 Å². The molecule has 0 aliphatic carbocycles. The summed E-state index contributed by atoms with van der Waals surface area (Å²) in [5.41, 5.74) is 1.45. The first-order chi connectivity index (χ1) is 8.52. The van der Waals surface area contributed by atoms with Gasteiger partial charge in [-0.05, 0) is 57.8 Å². The van der Waals surface area contributed by atoms with Crippen LogP contribution in [0, 0.1) is 19.7 Å². The normalized spacial score (nSPS) is 10.5. The molecule has 1 aromatic carbocycles. The van der Waals surface area contributed by atoms with Crippen LogP contribution in [0.25, 0.3) is 0 Å². The van der Waals surface area contributed by atoms with Gasteiger partial charge in [-0.15, -0.1) is 0 Å². The minimum Gasteiger partial charge on any atom is -0.457 e. The van der Waals surface area contributed by atoms with Crippen LogP contribution < -0.4 is 4.74 Å². The number of aromatic nitrogens is 1. The zero-order valence-electron chi connectivity index (χ0n) is 9.80. The lowest BCUT2D eigenvalue weighted by Crippen LogP contribution is -1.97. The van der Waals surface area contributed by atoms with E-state index < -0.39 is 0 Å². The molecule has 0 spiro atoms. The van der Waals surface area contributed by atoms with E-state index in [-0.39, 0.29) is 5.82 Å². The van der Waals surface area contributed by atoms with Gasteiger partial charge in [-0.1, -0.05) is 0 Å². The molecule has 0 atom stereocenters. The summed E-state index contributed by atoms with van der Waals surface area (Å²) >= 11 is 6.46. The average Bonchev–Trinajstić information content (AvgIpc) is 2.40. The number of hydrogen-bond donors (Lipinski definition) is 0. The first kappa shape index (κ1) is 13.5. The molecule has 2 rings (SSSR count). The van der Waals surface area contributed by atoms with Crippen LogP contribution in [-0.4, -0.2) is 4.98 Å². The molecule has 0 unspecified atom stereocenters. The molecular weight excluding hydrogens is 365 g/mol. The second kappa shape index (κ2) is 5.36. The van der Waals surface area contributed by atoms with Crippen LogP contribution in [0.3, 0.4) is 0 Å². The molecule has 0 fully saturated rings. The molecule has 2 aromatic rings. The fraction of sp³-hybridized carbons (Fsp3) is 0.154. The van der Waals surface area contributed by atoms with Crippen molar-refractivity contribution < 1.29 is 9.13 Å². The maximum Gasteiger partial charge on any atom is 0.152 e. The van der Waals surface area contributed by atoms with Gasteiger partial charge in [-0.25, -0.2) is 4.39 Å². The predicted molar refractivity (Wildman–Crippen MR) is 75.6 cm³/mol. The summed E-state index contributed by atoms with van der Waals surface area (Å²) in [5.74, 6) is 0.995. The molecule has 0 aliphatic heterocycles. The molecule has 0 saturated heterocycles. The highest BCUT2D eigenvalue weighted by molar-refractivity contribution is 9.11. The third kappa shape index (κ3) is 2.42. The molecule has 0 saturated carbocycles. The average molecular weight is 375 g/mol. The number of rotatable bonds is 2. The Hall–Kier alpha value is -0.940. The predicted octanol–water partition coefficient (Wildman–Crippen LogP) is 5.15. The van der Waals surface area contributed by atoms with Crippen LogP contribution >= 0.6 is 31.9 Å². The molecule has 1 aromatic heterocycles. The van der Waals surface area contributed by atoms with Gasteiger partial charge >= 0.3 is 0 Å². The van der Waals surface area contributed by atoms with E-state index in [9.17, 15) is 4.39 Å². The summed E-state index contributed by atoms with van der Waals surface area (Å²) in [7, 11) is 0. The lowest BCUT2D eigenvalue weighted by Gasteiger charge is -2.15. The highest BCUT2D eigenvalue weighted by Crippen LogP contribution is 2.40. The fourth-order valence-electron chi connectivity index (χ4n) is 1.58. The van der Waals surface area contributed by atoms with Crippen LogP contribution in [0.5, 0.6) is 11.5 Å². The number of halogens is 3. The van der Waals surface area contributed by atoms with Gasteiger partial charge in [0.25, 0.3) is 0 Å². The Bertz CT molecular complexity index is 558. The smallest absolute Gasteiger partial charge is 0.152 e. The molecule has 18 heavy (non-hydrogen) atoms. The van der Waals surface area contributed by atoms with E-state index in [1.165, 1.54) is 0 Å². The topological polar surface area (TPSA) is 22.1 Å². The van der Waals surface area contributed by atoms with Gasteiger partial charge in [-0.3, -0.25) is 4.98 Å². The van der Waals surface area contributed by atoms with E-state index in [2.05, 4.69) is 36.8 Å². The van der Waals surface area contributed by atoms with E-state index in [0.29, 0.717) is 20.4 Å². The summed E-state index contributed by atoms with van der Waals surface area (Å²) in [5, 5.41) is 0. The molecule has 0 radical (unpaired) electrons. The Balaban J connectivity index is 2.52. The van der Waals surface area contributed by atoms with Crippen molar-refractivity contribution in [2.45, 2.75) is 13.8 Å². The minimum atomic E-state index is -0.313. The Labute approximate surface area is 121 Å². The summed E-state index contributed by atoms with van der Waals surface area (Å²) < 4.78 is 20.4. The molecule has 2 nitrogen and oxygen atoms in total. The maximum atomic E-state index is 13.8. The van der Waals surface area contributed by atoms with Crippen molar-refractivity contribution in [1.29, 1.82) is 0 Å². The van der Waals surface area contributed by atoms with Gasteiger partial charge in [-0.2, -0.15) is 0 Å². The SMILES string of the molecule is Cc1c(Br)c(F)c(Br)c(C)c1Oc1ccncc1. The monoisotopic (exact) mass is 373 g/mol.